The summed E-state index contributed by atoms with van der Waals surface area (Å²) in [7, 11) is 0. The molecule has 0 amide bonds. The third-order valence-electron chi connectivity index (χ3n) is 4.44. The van der Waals surface area contributed by atoms with Gasteiger partial charge in [-0.05, 0) is 19.4 Å². The number of nitrogens with one attached hydrogen (secondary N) is 1. The fraction of sp³-hybridized carbons (Fsp3) is 0.812. The van der Waals surface area contributed by atoms with E-state index < -0.39 is 0 Å². The van der Waals surface area contributed by atoms with Crippen molar-refractivity contribution in [2.24, 2.45) is 0 Å². The van der Waals surface area contributed by atoms with Gasteiger partial charge >= 0.3 is 0 Å². The normalized spacial score (nSPS) is 20.5. The number of thiazole rings is 1. The van der Waals surface area contributed by atoms with E-state index in [9.17, 15) is 0 Å². The van der Waals surface area contributed by atoms with Gasteiger partial charge in [0.2, 0.25) is 0 Å². The molecule has 0 aromatic carbocycles. The monoisotopic (exact) mass is 308 g/mol. The van der Waals surface area contributed by atoms with Gasteiger partial charge in [-0.1, -0.05) is 20.8 Å². The van der Waals surface area contributed by atoms with Gasteiger partial charge in [0.05, 0.1) is 5.69 Å². The van der Waals surface area contributed by atoms with Crippen molar-refractivity contribution in [1.29, 1.82) is 0 Å². The molecule has 2 aliphatic rings. The zero-order chi connectivity index (χ0) is 14.8. The topological polar surface area (TPSA) is 31.4 Å². The van der Waals surface area contributed by atoms with E-state index in [0.29, 0.717) is 6.04 Å². The number of nitrogens with zero attached hydrogens (tertiary/aromatic N) is 3. The first kappa shape index (κ1) is 15.3. The molecule has 5 heteroatoms. The number of rotatable bonds is 6. The second-order valence-electron chi connectivity index (χ2n) is 6.54. The minimum absolute atomic E-state index is 0.538. The Morgan fingerprint density at radius 3 is 2.52 bits per heavy atom. The smallest absolute Gasteiger partial charge is 0.185 e. The van der Waals surface area contributed by atoms with Crippen LogP contribution in [0.15, 0.2) is 0 Å². The molecule has 4 nitrogen and oxygen atoms in total. The van der Waals surface area contributed by atoms with Crippen LogP contribution in [0.2, 0.25) is 0 Å². The van der Waals surface area contributed by atoms with Crippen molar-refractivity contribution in [2.75, 3.05) is 37.6 Å². The van der Waals surface area contributed by atoms with Gasteiger partial charge in [-0.2, -0.15) is 0 Å². The second-order valence-corrected chi connectivity index (χ2v) is 7.60. The molecule has 2 fully saturated rings. The van der Waals surface area contributed by atoms with Gasteiger partial charge in [-0.25, -0.2) is 4.98 Å². The van der Waals surface area contributed by atoms with Crippen LogP contribution in [0.4, 0.5) is 5.13 Å². The molecular weight excluding hydrogens is 280 g/mol. The molecule has 1 saturated heterocycles. The minimum atomic E-state index is 0.538. The van der Waals surface area contributed by atoms with Crippen molar-refractivity contribution >= 4 is 16.5 Å². The van der Waals surface area contributed by atoms with Crippen molar-refractivity contribution < 1.29 is 0 Å². The number of hydrogen-bond acceptors (Lipinski definition) is 5. The Morgan fingerprint density at radius 1 is 1.24 bits per heavy atom. The summed E-state index contributed by atoms with van der Waals surface area (Å²) in [6.45, 7) is 13.4. The molecule has 21 heavy (non-hydrogen) atoms. The third-order valence-corrected chi connectivity index (χ3v) is 5.57. The Hall–Kier alpha value is -0.650. The highest BCUT2D eigenvalue weighted by Gasteiger charge is 2.31. The molecule has 0 spiro atoms. The molecule has 0 bridgehead atoms. The number of piperazine rings is 1. The Morgan fingerprint density at radius 2 is 1.95 bits per heavy atom. The maximum atomic E-state index is 5.01. The number of hydrogen-bond donors (Lipinski definition) is 1. The minimum Gasteiger partial charge on any atom is -0.346 e. The zero-order valence-corrected chi connectivity index (χ0v) is 14.4. The highest BCUT2D eigenvalue weighted by Crippen LogP contribution is 2.44. The van der Waals surface area contributed by atoms with E-state index in [1.54, 1.807) is 0 Å². The van der Waals surface area contributed by atoms with E-state index >= 15 is 0 Å². The van der Waals surface area contributed by atoms with E-state index in [-0.39, 0.29) is 0 Å². The lowest BCUT2D eigenvalue weighted by Gasteiger charge is -2.33. The summed E-state index contributed by atoms with van der Waals surface area (Å²) in [4.78, 5) is 11.5. The molecule has 1 aromatic heterocycles. The molecular formula is C16H28N4S. The second kappa shape index (κ2) is 6.63. The summed E-state index contributed by atoms with van der Waals surface area (Å²) in [5.74, 6) is 0.746. The van der Waals surface area contributed by atoms with Crippen molar-refractivity contribution in [3.8, 4) is 0 Å². The molecule has 0 radical (unpaired) electrons. The molecule has 1 aliphatic heterocycles. The van der Waals surface area contributed by atoms with Gasteiger partial charge in [-0.15, -0.1) is 11.3 Å². The van der Waals surface area contributed by atoms with E-state index in [4.69, 9.17) is 4.98 Å². The van der Waals surface area contributed by atoms with E-state index in [1.807, 2.05) is 11.3 Å². The molecule has 0 atom stereocenters. The van der Waals surface area contributed by atoms with Crippen LogP contribution in [0.25, 0.3) is 0 Å². The van der Waals surface area contributed by atoms with Crippen molar-refractivity contribution in [3.63, 3.8) is 0 Å². The quantitative estimate of drug-likeness (QED) is 0.875. The Balaban J connectivity index is 1.69. The van der Waals surface area contributed by atoms with Gasteiger partial charge in [0, 0.05) is 49.6 Å². The fourth-order valence-electron chi connectivity index (χ4n) is 2.84. The van der Waals surface area contributed by atoms with Crippen molar-refractivity contribution in [2.45, 2.75) is 52.1 Å². The number of likely N-dealkylation sites (N-methyl/N-ethyl adjacent to an activating group) is 1. The standard InChI is InChI=1S/C16H28N4S/c1-4-19-7-9-20(10-8-19)16-18-15(13-5-6-13)14(21-16)11-17-12(2)3/h12-13,17H,4-11H2,1-3H3. The molecule has 2 heterocycles. The molecule has 1 aliphatic carbocycles. The number of anilines is 1. The highest BCUT2D eigenvalue weighted by atomic mass is 32.1. The lowest BCUT2D eigenvalue weighted by Crippen LogP contribution is -2.46. The first-order chi connectivity index (χ1) is 10.2. The maximum Gasteiger partial charge on any atom is 0.185 e. The van der Waals surface area contributed by atoms with Gasteiger partial charge in [0.15, 0.2) is 5.13 Å². The zero-order valence-electron chi connectivity index (χ0n) is 13.6. The van der Waals surface area contributed by atoms with Crippen LogP contribution in [0, 0.1) is 0 Å². The SMILES string of the molecule is CCN1CCN(c2nc(C3CC3)c(CNC(C)C)s2)CC1. The lowest BCUT2D eigenvalue weighted by molar-refractivity contribution is 0.271. The summed E-state index contributed by atoms with van der Waals surface area (Å²) in [6.07, 6.45) is 2.67. The van der Waals surface area contributed by atoms with Crippen molar-refractivity contribution in [3.05, 3.63) is 10.6 Å². The summed E-state index contributed by atoms with van der Waals surface area (Å²) in [5, 5.41) is 4.82. The summed E-state index contributed by atoms with van der Waals surface area (Å²) in [6, 6.07) is 0.538. The van der Waals surface area contributed by atoms with E-state index in [2.05, 4.69) is 35.9 Å². The van der Waals surface area contributed by atoms with Crippen molar-refractivity contribution in [1.82, 2.24) is 15.2 Å². The maximum absolute atomic E-state index is 5.01. The van der Waals surface area contributed by atoms with E-state index in [0.717, 1.165) is 25.6 Å². The largest absolute Gasteiger partial charge is 0.346 e. The average molecular weight is 308 g/mol. The van der Waals surface area contributed by atoms with Gasteiger partial charge in [0.25, 0.3) is 0 Å². The molecule has 118 valence electrons. The summed E-state index contributed by atoms with van der Waals surface area (Å²) in [5.41, 5.74) is 1.39. The highest BCUT2D eigenvalue weighted by molar-refractivity contribution is 7.15. The van der Waals surface area contributed by atoms with Crippen LogP contribution in [0.3, 0.4) is 0 Å². The first-order valence-corrected chi connectivity index (χ1v) is 9.19. The van der Waals surface area contributed by atoms with Crippen LogP contribution in [-0.4, -0.2) is 48.6 Å². The summed E-state index contributed by atoms with van der Waals surface area (Å²) >= 11 is 1.92. The van der Waals surface area contributed by atoms with Crippen LogP contribution in [0.5, 0.6) is 0 Å². The van der Waals surface area contributed by atoms with Gasteiger partial charge in [-0.3, -0.25) is 0 Å². The average Bonchev–Trinajstić information content (AvgIpc) is 3.25. The molecule has 1 saturated carbocycles. The summed E-state index contributed by atoms with van der Waals surface area (Å²) < 4.78 is 0. The van der Waals surface area contributed by atoms with Crippen LogP contribution >= 0.6 is 11.3 Å². The first-order valence-electron chi connectivity index (χ1n) is 8.37. The molecule has 1 N–H and O–H groups in total. The molecule has 3 rings (SSSR count). The van der Waals surface area contributed by atoms with Gasteiger partial charge in [0.1, 0.15) is 0 Å². The Kier molecular flexibility index (Phi) is 4.82. The predicted molar refractivity (Wildman–Crippen MR) is 90.4 cm³/mol. The van der Waals surface area contributed by atoms with Gasteiger partial charge < -0.3 is 15.1 Å². The van der Waals surface area contributed by atoms with Crippen LogP contribution in [0.1, 0.15) is 50.1 Å². The molecule has 1 aromatic rings. The Bertz CT molecular complexity index is 459. The van der Waals surface area contributed by atoms with Crippen LogP contribution in [-0.2, 0) is 6.54 Å². The number of aromatic nitrogens is 1. The third kappa shape index (κ3) is 3.76. The Labute approximate surface area is 132 Å². The predicted octanol–water partition coefficient (Wildman–Crippen LogP) is 2.66. The van der Waals surface area contributed by atoms with Crippen LogP contribution < -0.4 is 10.2 Å². The van der Waals surface area contributed by atoms with E-state index in [1.165, 1.54) is 48.2 Å². The molecule has 0 unspecified atom stereocenters. The lowest BCUT2D eigenvalue weighted by atomic mass is 10.2. The fourth-order valence-corrected chi connectivity index (χ4v) is 3.99.